The summed E-state index contributed by atoms with van der Waals surface area (Å²) in [5.74, 6) is -2.65. The Morgan fingerprint density at radius 2 is 2.00 bits per heavy atom. The first-order valence-electron chi connectivity index (χ1n) is 4.21. The van der Waals surface area contributed by atoms with E-state index in [-0.39, 0.29) is 6.42 Å². The minimum absolute atomic E-state index is 0.0394. The van der Waals surface area contributed by atoms with Gasteiger partial charge in [-0.3, -0.25) is 9.59 Å². The zero-order chi connectivity index (χ0) is 10.1. The van der Waals surface area contributed by atoms with Crippen LogP contribution in [0.25, 0.3) is 0 Å². The SMILES string of the molecule is N[C@@]1(C(=O)O)CCC[C@H](C(=O)O)C1. The molecule has 13 heavy (non-hydrogen) atoms. The van der Waals surface area contributed by atoms with Crippen molar-refractivity contribution in [3.05, 3.63) is 0 Å². The summed E-state index contributed by atoms with van der Waals surface area (Å²) < 4.78 is 0. The van der Waals surface area contributed by atoms with Crippen LogP contribution >= 0.6 is 0 Å². The second kappa shape index (κ2) is 3.33. The van der Waals surface area contributed by atoms with E-state index in [2.05, 4.69) is 0 Å². The van der Waals surface area contributed by atoms with Gasteiger partial charge in [0.25, 0.3) is 0 Å². The fourth-order valence-corrected chi connectivity index (χ4v) is 1.71. The van der Waals surface area contributed by atoms with Crippen LogP contribution in [0.4, 0.5) is 0 Å². The molecule has 1 saturated carbocycles. The summed E-state index contributed by atoms with van der Waals surface area (Å²) in [4.78, 5) is 21.3. The molecule has 0 aromatic heterocycles. The van der Waals surface area contributed by atoms with E-state index in [1.165, 1.54) is 0 Å². The molecule has 5 heteroatoms. The topological polar surface area (TPSA) is 101 Å². The van der Waals surface area contributed by atoms with Crippen molar-refractivity contribution in [3.63, 3.8) is 0 Å². The number of aliphatic carboxylic acids is 2. The van der Waals surface area contributed by atoms with Gasteiger partial charge in [0.15, 0.2) is 0 Å². The number of rotatable bonds is 2. The maximum atomic E-state index is 10.7. The minimum atomic E-state index is -1.33. The van der Waals surface area contributed by atoms with Crippen LogP contribution in [0.1, 0.15) is 25.7 Å². The lowest BCUT2D eigenvalue weighted by atomic mass is 9.76. The first kappa shape index (κ1) is 9.98. The first-order valence-corrected chi connectivity index (χ1v) is 4.21. The molecule has 0 aromatic rings. The third kappa shape index (κ3) is 1.98. The molecule has 0 spiro atoms. The Morgan fingerprint density at radius 3 is 2.46 bits per heavy atom. The number of nitrogens with two attached hydrogens (primary N) is 1. The van der Waals surface area contributed by atoms with Gasteiger partial charge in [0.05, 0.1) is 5.92 Å². The number of hydrogen-bond donors (Lipinski definition) is 3. The fourth-order valence-electron chi connectivity index (χ4n) is 1.71. The predicted molar refractivity (Wildman–Crippen MR) is 44.1 cm³/mol. The van der Waals surface area contributed by atoms with Crippen LogP contribution in [0.5, 0.6) is 0 Å². The van der Waals surface area contributed by atoms with Crippen LogP contribution in [0.3, 0.4) is 0 Å². The molecule has 1 aliphatic carbocycles. The molecule has 0 radical (unpaired) electrons. The monoisotopic (exact) mass is 187 g/mol. The van der Waals surface area contributed by atoms with Crippen molar-refractivity contribution in [1.82, 2.24) is 0 Å². The Hall–Kier alpha value is -1.10. The van der Waals surface area contributed by atoms with Gasteiger partial charge in [-0.2, -0.15) is 0 Å². The number of carbonyl (C=O) groups is 2. The molecule has 0 amide bonds. The number of carboxylic acid groups (broad SMARTS) is 2. The lowest BCUT2D eigenvalue weighted by Crippen LogP contribution is -2.52. The molecule has 0 bridgehead atoms. The van der Waals surface area contributed by atoms with E-state index in [9.17, 15) is 9.59 Å². The summed E-state index contributed by atoms with van der Waals surface area (Å²) in [5, 5.41) is 17.5. The largest absolute Gasteiger partial charge is 0.481 e. The number of carboxylic acids is 2. The lowest BCUT2D eigenvalue weighted by Gasteiger charge is -2.32. The van der Waals surface area contributed by atoms with E-state index >= 15 is 0 Å². The fraction of sp³-hybridized carbons (Fsp3) is 0.750. The van der Waals surface area contributed by atoms with Gasteiger partial charge in [-0.15, -0.1) is 0 Å². The van der Waals surface area contributed by atoms with E-state index in [0.717, 1.165) is 0 Å². The Balaban J connectivity index is 2.71. The Bertz CT molecular complexity index is 240. The van der Waals surface area contributed by atoms with Gasteiger partial charge in [0.2, 0.25) is 0 Å². The van der Waals surface area contributed by atoms with Gasteiger partial charge in [-0.05, 0) is 19.3 Å². The zero-order valence-corrected chi connectivity index (χ0v) is 7.19. The van der Waals surface area contributed by atoms with Gasteiger partial charge in [-0.25, -0.2) is 0 Å². The third-order valence-corrected chi connectivity index (χ3v) is 2.56. The average molecular weight is 187 g/mol. The maximum Gasteiger partial charge on any atom is 0.323 e. The molecular formula is C8H13NO4. The summed E-state index contributed by atoms with van der Waals surface area (Å²) in [7, 11) is 0. The van der Waals surface area contributed by atoms with Crippen LogP contribution in [-0.4, -0.2) is 27.7 Å². The second-order valence-electron chi connectivity index (χ2n) is 3.59. The highest BCUT2D eigenvalue weighted by Gasteiger charge is 2.41. The van der Waals surface area contributed by atoms with Crippen molar-refractivity contribution < 1.29 is 19.8 Å². The molecule has 0 aromatic carbocycles. The Morgan fingerprint density at radius 1 is 1.38 bits per heavy atom. The highest BCUT2D eigenvalue weighted by Crippen LogP contribution is 2.30. The van der Waals surface area contributed by atoms with E-state index in [4.69, 9.17) is 15.9 Å². The summed E-state index contributed by atoms with van der Waals surface area (Å²) >= 11 is 0. The molecule has 0 saturated heterocycles. The van der Waals surface area contributed by atoms with Crippen molar-refractivity contribution in [1.29, 1.82) is 0 Å². The van der Waals surface area contributed by atoms with E-state index in [1.54, 1.807) is 0 Å². The maximum absolute atomic E-state index is 10.7. The quantitative estimate of drug-likeness (QED) is 0.566. The molecule has 4 N–H and O–H groups in total. The van der Waals surface area contributed by atoms with E-state index in [1.807, 2.05) is 0 Å². The van der Waals surface area contributed by atoms with Crippen molar-refractivity contribution in [2.75, 3.05) is 0 Å². The normalized spacial score (nSPS) is 34.1. The van der Waals surface area contributed by atoms with Crippen LogP contribution in [0, 0.1) is 5.92 Å². The molecular weight excluding hydrogens is 174 g/mol. The van der Waals surface area contributed by atoms with Crippen molar-refractivity contribution in [2.24, 2.45) is 11.7 Å². The molecule has 74 valence electrons. The summed E-state index contributed by atoms with van der Waals surface area (Å²) in [6, 6.07) is 0. The van der Waals surface area contributed by atoms with Gasteiger partial charge in [-0.1, -0.05) is 6.42 Å². The summed E-state index contributed by atoms with van der Waals surface area (Å²) in [5.41, 5.74) is 4.24. The summed E-state index contributed by atoms with van der Waals surface area (Å²) in [6.45, 7) is 0. The molecule has 2 atom stereocenters. The lowest BCUT2D eigenvalue weighted by molar-refractivity contribution is -0.149. The highest BCUT2D eigenvalue weighted by molar-refractivity contribution is 5.80. The molecule has 0 heterocycles. The second-order valence-corrected chi connectivity index (χ2v) is 3.59. The molecule has 1 fully saturated rings. The van der Waals surface area contributed by atoms with Crippen molar-refractivity contribution in [2.45, 2.75) is 31.2 Å². The van der Waals surface area contributed by atoms with Crippen LogP contribution < -0.4 is 5.73 Å². The van der Waals surface area contributed by atoms with Crippen molar-refractivity contribution in [3.8, 4) is 0 Å². The van der Waals surface area contributed by atoms with Gasteiger partial charge < -0.3 is 15.9 Å². The van der Waals surface area contributed by atoms with Gasteiger partial charge in [0, 0.05) is 0 Å². The van der Waals surface area contributed by atoms with Crippen LogP contribution in [0.15, 0.2) is 0 Å². The van der Waals surface area contributed by atoms with Crippen molar-refractivity contribution >= 4 is 11.9 Å². The first-order chi connectivity index (χ1) is 5.96. The Labute approximate surface area is 75.5 Å². The van der Waals surface area contributed by atoms with Crippen LogP contribution in [0.2, 0.25) is 0 Å². The third-order valence-electron chi connectivity index (χ3n) is 2.56. The van der Waals surface area contributed by atoms with Gasteiger partial charge >= 0.3 is 11.9 Å². The predicted octanol–water partition coefficient (Wildman–Crippen LogP) is 0.0433. The summed E-state index contributed by atoms with van der Waals surface area (Å²) in [6.07, 6.45) is 1.51. The molecule has 0 aliphatic heterocycles. The minimum Gasteiger partial charge on any atom is -0.481 e. The molecule has 5 nitrogen and oxygen atoms in total. The molecule has 0 unspecified atom stereocenters. The Kier molecular flexibility index (Phi) is 2.56. The standard InChI is InChI=1S/C8H13NO4/c9-8(7(12)13)3-1-2-5(4-8)6(10)11/h5H,1-4,9H2,(H,10,11)(H,12,13)/t5-,8-/m0/s1. The molecule has 1 aliphatic rings. The van der Waals surface area contributed by atoms with Crippen LogP contribution in [-0.2, 0) is 9.59 Å². The molecule has 1 rings (SSSR count). The zero-order valence-electron chi connectivity index (χ0n) is 7.19. The highest BCUT2D eigenvalue weighted by atomic mass is 16.4. The smallest absolute Gasteiger partial charge is 0.323 e. The number of hydrogen-bond acceptors (Lipinski definition) is 3. The van der Waals surface area contributed by atoms with Gasteiger partial charge in [0.1, 0.15) is 5.54 Å². The van der Waals surface area contributed by atoms with E-state index in [0.29, 0.717) is 19.3 Å². The van der Waals surface area contributed by atoms with E-state index < -0.39 is 23.4 Å². The average Bonchev–Trinajstić information content (AvgIpc) is 2.04.